The largest absolute Gasteiger partial charge is 0.315 e. The fraction of sp³-hybridized carbons (Fsp3) is 0.600. The molecule has 0 saturated heterocycles. The Morgan fingerprint density at radius 2 is 2.40 bits per heavy atom. The summed E-state index contributed by atoms with van der Waals surface area (Å²) in [6.07, 6.45) is 2.98. The summed E-state index contributed by atoms with van der Waals surface area (Å²) < 4.78 is 0. The highest BCUT2D eigenvalue weighted by molar-refractivity contribution is 5.89. The number of aromatic nitrogens is 2. The van der Waals surface area contributed by atoms with E-state index in [1.807, 2.05) is 0 Å². The van der Waals surface area contributed by atoms with Gasteiger partial charge in [0, 0.05) is 18.5 Å². The van der Waals surface area contributed by atoms with Crippen LogP contribution >= 0.6 is 0 Å². The van der Waals surface area contributed by atoms with Crippen molar-refractivity contribution in [3.05, 3.63) is 12.3 Å². The van der Waals surface area contributed by atoms with Crippen molar-refractivity contribution in [2.45, 2.75) is 32.7 Å². The molecule has 1 aromatic rings. The lowest BCUT2D eigenvalue weighted by molar-refractivity contribution is -0.116. The minimum Gasteiger partial charge on any atom is -0.315 e. The fourth-order valence-electron chi connectivity index (χ4n) is 1.18. The highest BCUT2D eigenvalue weighted by atomic mass is 16.1. The standard InChI is InChI=1S/C10H18N4O/c1-8(2)11-6-3-4-10(15)13-9-5-7-12-14-9/h5,7-8,11H,3-4,6H2,1-2H3,(H2,12,13,14,15). The molecule has 0 aromatic carbocycles. The second-order valence-corrected chi connectivity index (χ2v) is 3.73. The third-order valence-electron chi connectivity index (χ3n) is 1.91. The minimum absolute atomic E-state index is 0.0183. The second kappa shape index (κ2) is 6.19. The topological polar surface area (TPSA) is 69.8 Å². The van der Waals surface area contributed by atoms with Gasteiger partial charge in [0.25, 0.3) is 0 Å². The summed E-state index contributed by atoms with van der Waals surface area (Å²) in [5, 5.41) is 12.4. The molecule has 1 aromatic heterocycles. The van der Waals surface area contributed by atoms with Crippen LogP contribution < -0.4 is 10.6 Å². The lowest BCUT2D eigenvalue weighted by atomic mass is 10.2. The molecule has 0 aliphatic carbocycles. The number of carbonyl (C=O) groups is 1. The Labute approximate surface area is 89.6 Å². The van der Waals surface area contributed by atoms with Crippen LogP contribution in [0.25, 0.3) is 0 Å². The molecule has 0 unspecified atom stereocenters. The molecule has 0 saturated carbocycles. The van der Waals surface area contributed by atoms with Crippen LogP contribution in [0, 0.1) is 0 Å². The zero-order valence-electron chi connectivity index (χ0n) is 9.21. The summed E-state index contributed by atoms with van der Waals surface area (Å²) in [5.74, 6) is 0.668. The molecule has 1 amide bonds. The molecule has 0 bridgehead atoms. The molecular weight excluding hydrogens is 192 g/mol. The van der Waals surface area contributed by atoms with Crippen LogP contribution in [0.4, 0.5) is 5.82 Å². The van der Waals surface area contributed by atoms with E-state index in [1.54, 1.807) is 12.3 Å². The number of nitrogens with one attached hydrogen (secondary N) is 3. The van der Waals surface area contributed by atoms with Gasteiger partial charge in [0.05, 0.1) is 6.20 Å². The Hall–Kier alpha value is -1.36. The van der Waals surface area contributed by atoms with Gasteiger partial charge in [-0.15, -0.1) is 0 Å². The summed E-state index contributed by atoms with van der Waals surface area (Å²) in [5.41, 5.74) is 0. The number of rotatable bonds is 6. The Bertz CT molecular complexity index is 282. The predicted octanol–water partition coefficient (Wildman–Crippen LogP) is 1.13. The summed E-state index contributed by atoms with van der Waals surface area (Å²) >= 11 is 0. The van der Waals surface area contributed by atoms with Gasteiger partial charge < -0.3 is 10.6 Å². The molecule has 0 radical (unpaired) electrons. The summed E-state index contributed by atoms with van der Waals surface area (Å²) in [6.45, 7) is 5.05. The molecule has 0 spiro atoms. The zero-order chi connectivity index (χ0) is 11.1. The molecule has 5 heteroatoms. The Morgan fingerprint density at radius 1 is 1.60 bits per heavy atom. The molecule has 3 N–H and O–H groups in total. The van der Waals surface area contributed by atoms with E-state index in [-0.39, 0.29) is 5.91 Å². The van der Waals surface area contributed by atoms with Gasteiger partial charge in [0.15, 0.2) is 0 Å². The van der Waals surface area contributed by atoms with Gasteiger partial charge in [-0.05, 0) is 13.0 Å². The van der Waals surface area contributed by atoms with Crippen molar-refractivity contribution in [3.8, 4) is 0 Å². The van der Waals surface area contributed by atoms with Gasteiger partial charge in [-0.1, -0.05) is 13.8 Å². The zero-order valence-corrected chi connectivity index (χ0v) is 9.21. The van der Waals surface area contributed by atoms with Crippen molar-refractivity contribution in [1.82, 2.24) is 15.5 Å². The van der Waals surface area contributed by atoms with E-state index in [9.17, 15) is 4.79 Å². The average molecular weight is 210 g/mol. The van der Waals surface area contributed by atoms with Crippen LogP contribution in [0.15, 0.2) is 12.3 Å². The first-order valence-corrected chi connectivity index (χ1v) is 5.21. The third-order valence-corrected chi connectivity index (χ3v) is 1.91. The lowest BCUT2D eigenvalue weighted by Crippen LogP contribution is -2.24. The van der Waals surface area contributed by atoms with Crippen LogP contribution in [-0.4, -0.2) is 28.7 Å². The smallest absolute Gasteiger partial charge is 0.225 e. The van der Waals surface area contributed by atoms with Crippen LogP contribution in [0.1, 0.15) is 26.7 Å². The maximum Gasteiger partial charge on any atom is 0.225 e. The predicted molar refractivity (Wildman–Crippen MR) is 59.6 cm³/mol. The van der Waals surface area contributed by atoms with Gasteiger partial charge >= 0.3 is 0 Å². The SMILES string of the molecule is CC(C)NCCCC(=O)Nc1ccn[nH]1. The van der Waals surface area contributed by atoms with Crippen molar-refractivity contribution >= 4 is 11.7 Å². The monoisotopic (exact) mass is 210 g/mol. The average Bonchev–Trinajstić information content (AvgIpc) is 2.64. The van der Waals surface area contributed by atoms with Gasteiger partial charge in [-0.3, -0.25) is 9.89 Å². The van der Waals surface area contributed by atoms with Gasteiger partial charge in [-0.25, -0.2) is 0 Å². The van der Waals surface area contributed by atoms with Crippen LogP contribution in [0.2, 0.25) is 0 Å². The molecule has 0 atom stereocenters. The normalized spacial score (nSPS) is 10.6. The first kappa shape index (κ1) is 11.7. The number of amides is 1. The number of hydrogen-bond acceptors (Lipinski definition) is 3. The maximum atomic E-state index is 11.4. The molecule has 1 rings (SSSR count). The molecule has 84 valence electrons. The lowest BCUT2D eigenvalue weighted by Gasteiger charge is -2.07. The number of aromatic amines is 1. The number of H-pyrrole nitrogens is 1. The van der Waals surface area contributed by atoms with Crippen LogP contribution in [0.3, 0.4) is 0 Å². The van der Waals surface area contributed by atoms with Crippen molar-refractivity contribution < 1.29 is 4.79 Å². The van der Waals surface area contributed by atoms with Crippen LogP contribution in [0.5, 0.6) is 0 Å². The maximum absolute atomic E-state index is 11.4. The molecule has 0 aliphatic rings. The van der Waals surface area contributed by atoms with Crippen molar-refractivity contribution in [2.75, 3.05) is 11.9 Å². The van der Waals surface area contributed by atoms with Crippen molar-refractivity contribution in [1.29, 1.82) is 0 Å². The Kier molecular flexibility index (Phi) is 4.83. The molecule has 0 fully saturated rings. The molecule has 0 aliphatic heterocycles. The van der Waals surface area contributed by atoms with Crippen molar-refractivity contribution in [3.63, 3.8) is 0 Å². The van der Waals surface area contributed by atoms with Crippen molar-refractivity contribution in [2.24, 2.45) is 0 Å². The quantitative estimate of drug-likeness (QED) is 0.616. The number of nitrogens with zero attached hydrogens (tertiary/aromatic N) is 1. The highest BCUT2D eigenvalue weighted by Gasteiger charge is 2.02. The van der Waals surface area contributed by atoms with Crippen LogP contribution in [-0.2, 0) is 4.79 Å². The Morgan fingerprint density at radius 3 is 3.00 bits per heavy atom. The first-order valence-electron chi connectivity index (χ1n) is 5.21. The second-order valence-electron chi connectivity index (χ2n) is 3.73. The molecule has 5 nitrogen and oxygen atoms in total. The van der Waals surface area contributed by atoms with E-state index in [1.165, 1.54) is 0 Å². The van der Waals surface area contributed by atoms with E-state index in [0.717, 1.165) is 13.0 Å². The van der Waals surface area contributed by atoms with E-state index >= 15 is 0 Å². The molecular formula is C10H18N4O. The fourth-order valence-corrected chi connectivity index (χ4v) is 1.18. The number of hydrogen-bond donors (Lipinski definition) is 3. The van der Waals surface area contributed by atoms with Gasteiger partial charge in [0.2, 0.25) is 5.91 Å². The number of anilines is 1. The molecule has 1 heterocycles. The minimum atomic E-state index is 0.0183. The van der Waals surface area contributed by atoms with E-state index < -0.39 is 0 Å². The Balaban J connectivity index is 2.09. The highest BCUT2D eigenvalue weighted by Crippen LogP contribution is 2.00. The van der Waals surface area contributed by atoms with E-state index in [2.05, 4.69) is 34.7 Å². The van der Waals surface area contributed by atoms with Gasteiger partial charge in [-0.2, -0.15) is 5.10 Å². The molecule has 15 heavy (non-hydrogen) atoms. The first-order chi connectivity index (χ1) is 7.18. The van der Waals surface area contributed by atoms with E-state index in [4.69, 9.17) is 0 Å². The summed E-state index contributed by atoms with van der Waals surface area (Å²) in [4.78, 5) is 11.4. The number of carbonyl (C=O) groups excluding carboxylic acids is 1. The summed E-state index contributed by atoms with van der Waals surface area (Å²) in [6, 6.07) is 2.20. The summed E-state index contributed by atoms with van der Waals surface area (Å²) in [7, 11) is 0. The van der Waals surface area contributed by atoms with E-state index in [0.29, 0.717) is 18.3 Å². The third kappa shape index (κ3) is 5.17. The van der Waals surface area contributed by atoms with Gasteiger partial charge in [0.1, 0.15) is 5.82 Å².